The molecule has 0 atom stereocenters. The van der Waals surface area contributed by atoms with Gasteiger partial charge in [-0.1, -0.05) is 12.1 Å². The van der Waals surface area contributed by atoms with Crippen LogP contribution in [0.2, 0.25) is 0 Å². The van der Waals surface area contributed by atoms with Crippen molar-refractivity contribution in [2.24, 2.45) is 0 Å². The van der Waals surface area contributed by atoms with E-state index < -0.39 is 0 Å². The zero-order valence-electron chi connectivity index (χ0n) is 13.3. The van der Waals surface area contributed by atoms with Gasteiger partial charge in [0, 0.05) is 11.8 Å². The minimum Gasteiger partial charge on any atom is -0.497 e. The van der Waals surface area contributed by atoms with Gasteiger partial charge in [0.05, 0.1) is 11.6 Å². The van der Waals surface area contributed by atoms with Gasteiger partial charge in [0.2, 0.25) is 0 Å². The highest BCUT2D eigenvalue weighted by atomic mass is 79.9. The van der Waals surface area contributed by atoms with Crippen LogP contribution in [-0.2, 0) is 4.79 Å². The SMILES string of the molecule is COc1cccc(NC(=S)NC(=O)COc2ccc(C)cc2Br)c1. The average molecular weight is 409 g/mol. The molecule has 126 valence electrons. The fourth-order valence-corrected chi connectivity index (χ4v) is 2.73. The summed E-state index contributed by atoms with van der Waals surface area (Å²) in [5.74, 6) is 0.951. The van der Waals surface area contributed by atoms with Gasteiger partial charge in [-0.05, 0) is 64.9 Å². The van der Waals surface area contributed by atoms with Gasteiger partial charge in [-0.2, -0.15) is 0 Å². The summed E-state index contributed by atoms with van der Waals surface area (Å²) in [5.41, 5.74) is 1.82. The first-order valence-electron chi connectivity index (χ1n) is 7.12. The second-order valence-corrected chi connectivity index (χ2v) is 6.22. The number of hydrogen-bond acceptors (Lipinski definition) is 4. The summed E-state index contributed by atoms with van der Waals surface area (Å²) in [4.78, 5) is 11.9. The van der Waals surface area contributed by atoms with Crippen molar-refractivity contribution in [1.29, 1.82) is 0 Å². The van der Waals surface area contributed by atoms with E-state index in [0.29, 0.717) is 11.5 Å². The van der Waals surface area contributed by atoms with Crippen LogP contribution in [0.25, 0.3) is 0 Å². The van der Waals surface area contributed by atoms with Crippen LogP contribution in [0.4, 0.5) is 5.69 Å². The molecule has 0 aliphatic heterocycles. The van der Waals surface area contributed by atoms with Crippen LogP contribution in [0.15, 0.2) is 46.9 Å². The number of aryl methyl sites for hydroxylation is 1. The zero-order chi connectivity index (χ0) is 17.5. The van der Waals surface area contributed by atoms with E-state index in [9.17, 15) is 4.79 Å². The minimum atomic E-state index is -0.345. The Labute approximate surface area is 154 Å². The highest BCUT2D eigenvalue weighted by molar-refractivity contribution is 9.10. The number of methoxy groups -OCH3 is 1. The van der Waals surface area contributed by atoms with Crippen molar-refractivity contribution in [3.05, 3.63) is 52.5 Å². The Hall–Kier alpha value is -2.12. The summed E-state index contributed by atoms with van der Waals surface area (Å²) in [6.45, 7) is 1.84. The largest absolute Gasteiger partial charge is 0.497 e. The van der Waals surface area contributed by atoms with Crippen molar-refractivity contribution in [2.75, 3.05) is 19.0 Å². The van der Waals surface area contributed by atoms with Crippen LogP contribution in [-0.4, -0.2) is 24.7 Å². The van der Waals surface area contributed by atoms with Crippen LogP contribution in [0.1, 0.15) is 5.56 Å². The van der Waals surface area contributed by atoms with E-state index in [1.54, 1.807) is 19.2 Å². The summed E-state index contributed by atoms with van der Waals surface area (Å²) in [7, 11) is 1.58. The third-order valence-electron chi connectivity index (χ3n) is 3.03. The number of ether oxygens (including phenoxy) is 2. The summed E-state index contributed by atoms with van der Waals surface area (Å²) >= 11 is 8.52. The highest BCUT2D eigenvalue weighted by Crippen LogP contribution is 2.25. The van der Waals surface area contributed by atoms with E-state index >= 15 is 0 Å². The first-order valence-corrected chi connectivity index (χ1v) is 8.32. The molecule has 0 radical (unpaired) electrons. The molecular formula is C17H17BrN2O3S. The highest BCUT2D eigenvalue weighted by Gasteiger charge is 2.08. The van der Waals surface area contributed by atoms with E-state index in [-0.39, 0.29) is 17.6 Å². The molecule has 0 saturated heterocycles. The predicted molar refractivity (Wildman–Crippen MR) is 102 cm³/mol. The van der Waals surface area contributed by atoms with Gasteiger partial charge < -0.3 is 14.8 Å². The maximum atomic E-state index is 11.9. The molecule has 0 aliphatic rings. The maximum absolute atomic E-state index is 11.9. The lowest BCUT2D eigenvalue weighted by Gasteiger charge is -2.12. The van der Waals surface area contributed by atoms with E-state index in [4.69, 9.17) is 21.7 Å². The predicted octanol–water partition coefficient (Wildman–Crippen LogP) is 3.66. The lowest BCUT2D eigenvalue weighted by molar-refractivity contribution is -0.121. The Morgan fingerprint density at radius 1 is 1.25 bits per heavy atom. The van der Waals surface area contributed by atoms with Crippen LogP contribution in [0.3, 0.4) is 0 Å². The average Bonchev–Trinajstić information content (AvgIpc) is 2.54. The minimum absolute atomic E-state index is 0.137. The monoisotopic (exact) mass is 408 g/mol. The number of carbonyl (C=O) groups excluding carboxylic acids is 1. The number of amides is 1. The number of halogens is 1. The standard InChI is InChI=1S/C17H17BrN2O3S/c1-11-6-7-15(14(18)8-11)23-10-16(21)20-17(24)19-12-4-3-5-13(9-12)22-2/h3-9H,10H2,1-2H3,(H2,19,20,21,24). The number of thiocarbonyl (C=S) groups is 1. The van der Waals surface area contributed by atoms with Gasteiger partial charge in [0.1, 0.15) is 11.5 Å². The fraction of sp³-hybridized carbons (Fsp3) is 0.176. The number of benzene rings is 2. The molecule has 0 unspecified atom stereocenters. The normalized spacial score (nSPS) is 9.96. The first kappa shape index (κ1) is 18.2. The van der Waals surface area contributed by atoms with Crippen molar-refractivity contribution in [3.8, 4) is 11.5 Å². The molecule has 0 fully saturated rings. The lowest BCUT2D eigenvalue weighted by Crippen LogP contribution is -2.37. The van der Waals surface area contributed by atoms with Crippen molar-refractivity contribution in [3.63, 3.8) is 0 Å². The van der Waals surface area contributed by atoms with Gasteiger partial charge in [-0.3, -0.25) is 10.1 Å². The van der Waals surface area contributed by atoms with Crippen LogP contribution < -0.4 is 20.1 Å². The number of nitrogens with one attached hydrogen (secondary N) is 2. The van der Waals surface area contributed by atoms with E-state index in [0.717, 1.165) is 15.7 Å². The maximum Gasteiger partial charge on any atom is 0.264 e. The van der Waals surface area contributed by atoms with E-state index in [1.165, 1.54) is 0 Å². The molecule has 2 aromatic rings. The third-order valence-corrected chi connectivity index (χ3v) is 3.85. The van der Waals surface area contributed by atoms with Gasteiger partial charge in [0.15, 0.2) is 11.7 Å². The lowest BCUT2D eigenvalue weighted by atomic mass is 10.2. The molecule has 24 heavy (non-hydrogen) atoms. The Morgan fingerprint density at radius 3 is 2.75 bits per heavy atom. The van der Waals surface area contributed by atoms with Gasteiger partial charge >= 0.3 is 0 Å². The first-order chi connectivity index (χ1) is 11.5. The number of rotatable bonds is 5. The summed E-state index contributed by atoms with van der Waals surface area (Å²) in [6.07, 6.45) is 0. The molecular weight excluding hydrogens is 392 g/mol. The fourth-order valence-electron chi connectivity index (χ4n) is 1.89. The van der Waals surface area contributed by atoms with Gasteiger partial charge in [-0.25, -0.2) is 0 Å². The topological polar surface area (TPSA) is 59.6 Å². The Kier molecular flexibility index (Phi) is 6.57. The van der Waals surface area contributed by atoms with E-state index in [2.05, 4.69) is 26.6 Å². The van der Waals surface area contributed by atoms with Crippen molar-refractivity contribution < 1.29 is 14.3 Å². The molecule has 1 amide bonds. The van der Waals surface area contributed by atoms with Crippen molar-refractivity contribution >= 4 is 44.9 Å². The molecule has 0 saturated carbocycles. The molecule has 5 nitrogen and oxygen atoms in total. The summed E-state index contributed by atoms with van der Waals surface area (Å²) < 4.78 is 11.4. The molecule has 2 N–H and O–H groups in total. The quantitative estimate of drug-likeness (QED) is 0.739. The zero-order valence-corrected chi connectivity index (χ0v) is 15.7. The summed E-state index contributed by atoms with van der Waals surface area (Å²) in [5, 5.41) is 5.68. The Bertz CT molecular complexity index is 752. The smallest absolute Gasteiger partial charge is 0.264 e. The Balaban J connectivity index is 1.84. The molecule has 2 aromatic carbocycles. The second kappa shape index (κ2) is 8.65. The third kappa shape index (κ3) is 5.50. The molecule has 0 spiro atoms. The molecule has 2 rings (SSSR count). The molecule has 0 aromatic heterocycles. The number of carbonyl (C=O) groups is 1. The van der Waals surface area contributed by atoms with Crippen molar-refractivity contribution in [1.82, 2.24) is 5.32 Å². The number of anilines is 1. The molecule has 0 bridgehead atoms. The Morgan fingerprint density at radius 2 is 2.04 bits per heavy atom. The van der Waals surface area contributed by atoms with E-state index in [1.807, 2.05) is 37.3 Å². The van der Waals surface area contributed by atoms with Crippen LogP contribution >= 0.6 is 28.1 Å². The summed E-state index contributed by atoms with van der Waals surface area (Å²) in [6, 6.07) is 12.9. The van der Waals surface area contributed by atoms with Gasteiger partial charge in [-0.15, -0.1) is 0 Å². The van der Waals surface area contributed by atoms with Crippen LogP contribution in [0, 0.1) is 6.92 Å². The van der Waals surface area contributed by atoms with Crippen molar-refractivity contribution in [2.45, 2.75) is 6.92 Å². The van der Waals surface area contributed by atoms with Gasteiger partial charge in [0.25, 0.3) is 5.91 Å². The number of hydrogen-bond donors (Lipinski definition) is 2. The molecule has 7 heteroatoms. The molecule has 0 aliphatic carbocycles. The second-order valence-electron chi connectivity index (χ2n) is 4.96. The van der Waals surface area contributed by atoms with Crippen LogP contribution in [0.5, 0.6) is 11.5 Å². The molecule has 0 heterocycles.